The number of nitrogens with zero attached hydrogens (tertiary/aromatic N) is 3. The Labute approximate surface area is 89.7 Å². The largest absolute Gasteiger partial charge is 0.476 e. The Morgan fingerprint density at radius 1 is 1.31 bits per heavy atom. The number of aromatic carboxylic acids is 1. The number of carboxylic acids is 1. The molecule has 2 rings (SSSR count). The summed E-state index contributed by atoms with van der Waals surface area (Å²) in [6.45, 7) is 0. The van der Waals surface area contributed by atoms with E-state index in [1.807, 2.05) is 0 Å². The van der Waals surface area contributed by atoms with E-state index in [1.165, 1.54) is 12.3 Å². The van der Waals surface area contributed by atoms with Crippen LogP contribution in [0.3, 0.4) is 0 Å². The van der Waals surface area contributed by atoms with Gasteiger partial charge in [0, 0.05) is 12.8 Å². The summed E-state index contributed by atoms with van der Waals surface area (Å²) in [5, 5.41) is 15.7. The van der Waals surface area contributed by atoms with Crippen molar-refractivity contribution in [3.63, 3.8) is 0 Å². The van der Waals surface area contributed by atoms with Crippen LogP contribution in [-0.4, -0.2) is 33.1 Å². The minimum absolute atomic E-state index is 0.0185. The molecule has 82 valence electrons. The molecule has 1 aromatic rings. The van der Waals surface area contributed by atoms with Gasteiger partial charge in [-0.25, -0.2) is 9.69 Å². The molecule has 0 atom stereocenters. The van der Waals surface area contributed by atoms with E-state index < -0.39 is 23.5 Å². The van der Waals surface area contributed by atoms with Crippen molar-refractivity contribution in [2.45, 2.75) is 12.8 Å². The number of carbonyl (C=O) groups is 3. The number of carboxylic acid groups (broad SMARTS) is 1. The normalized spacial score (nSPS) is 15.6. The minimum atomic E-state index is -1.32. The summed E-state index contributed by atoms with van der Waals surface area (Å²) in [4.78, 5) is 34.5. The average molecular weight is 221 g/mol. The molecule has 0 bridgehead atoms. The van der Waals surface area contributed by atoms with Crippen LogP contribution >= 0.6 is 0 Å². The molecule has 1 saturated heterocycles. The summed E-state index contributed by atoms with van der Waals surface area (Å²) in [5.41, 5.74) is -0.416. The van der Waals surface area contributed by atoms with Gasteiger partial charge in [0.1, 0.15) is 0 Å². The number of rotatable bonds is 2. The summed E-state index contributed by atoms with van der Waals surface area (Å²) in [7, 11) is 0. The van der Waals surface area contributed by atoms with Gasteiger partial charge in [0.25, 0.3) is 0 Å². The Hall–Kier alpha value is -2.31. The highest BCUT2D eigenvalue weighted by atomic mass is 16.4. The summed E-state index contributed by atoms with van der Waals surface area (Å²) >= 11 is 0. The molecule has 2 amide bonds. The zero-order valence-corrected chi connectivity index (χ0v) is 8.08. The maximum absolute atomic E-state index is 11.4. The lowest BCUT2D eigenvalue weighted by Gasteiger charge is -2.14. The van der Waals surface area contributed by atoms with Gasteiger partial charge in [-0.15, -0.1) is 5.10 Å². The van der Waals surface area contributed by atoms with E-state index in [2.05, 4.69) is 10.2 Å². The number of aromatic nitrogens is 2. The molecule has 0 radical (unpaired) electrons. The van der Waals surface area contributed by atoms with Crippen LogP contribution in [-0.2, 0) is 9.59 Å². The summed E-state index contributed by atoms with van der Waals surface area (Å²) in [6.07, 6.45) is 1.43. The predicted octanol–water partition coefficient (Wildman–Crippen LogP) is -0.172. The van der Waals surface area contributed by atoms with Crippen molar-refractivity contribution in [1.82, 2.24) is 10.2 Å². The lowest BCUT2D eigenvalue weighted by Crippen LogP contribution is -2.30. The molecular formula is C9H7N3O4. The average Bonchev–Trinajstić information content (AvgIpc) is 2.58. The number of carbonyl (C=O) groups excluding carboxylic acids is 2. The number of imide groups is 1. The molecule has 0 spiro atoms. The van der Waals surface area contributed by atoms with E-state index in [0.717, 1.165) is 4.90 Å². The van der Waals surface area contributed by atoms with Crippen LogP contribution in [0.15, 0.2) is 12.3 Å². The van der Waals surface area contributed by atoms with Crippen molar-refractivity contribution in [2.24, 2.45) is 0 Å². The van der Waals surface area contributed by atoms with Crippen molar-refractivity contribution < 1.29 is 19.5 Å². The first-order valence-corrected chi connectivity index (χ1v) is 4.52. The summed E-state index contributed by atoms with van der Waals surface area (Å²) in [5.74, 6) is -2.16. The highest BCUT2D eigenvalue weighted by Crippen LogP contribution is 2.24. The fourth-order valence-corrected chi connectivity index (χ4v) is 1.50. The Morgan fingerprint density at radius 2 is 1.94 bits per heavy atom. The third-order valence-electron chi connectivity index (χ3n) is 2.19. The molecule has 0 unspecified atom stereocenters. The second-order valence-electron chi connectivity index (χ2n) is 3.19. The number of amides is 2. The molecule has 0 saturated carbocycles. The van der Waals surface area contributed by atoms with Crippen molar-refractivity contribution in [2.75, 3.05) is 4.90 Å². The van der Waals surface area contributed by atoms with Gasteiger partial charge < -0.3 is 5.11 Å². The van der Waals surface area contributed by atoms with Gasteiger partial charge in [-0.05, 0) is 6.07 Å². The monoisotopic (exact) mass is 221 g/mol. The van der Waals surface area contributed by atoms with Crippen molar-refractivity contribution >= 4 is 23.5 Å². The molecule has 1 aliphatic heterocycles. The van der Waals surface area contributed by atoms with E-state index in [4.69, 9.17) is 5.11 Å². The van der Waals surface area contributed by atoms with Gasteiger partial charge in [0.05, 0.1) is 11.9 Å². The topological polar surface area (TPSA) is 100 Å². The molecule has 7 heteroatoms. The first kappa shape index (κ1) is 10.2. The first-order valence-electron chi connectivity index (χ1n) is 4.52. The van der Waals surface area contributed by atoms with E-state index >= 15 is 0 Å². The van der Waals surface area contributed by atoms with Gasteiger partial charge in [-0.3, -0.25) is 9.59 Å². The molecule has 1 aromatic heterocycles. The molecular weight excluding hydrogens is 214 g/mol. The Morgan fingerprint density at radius 3 is 2.50 bits per heavy atom. The fourth-order valence-electron chi connectivity index (χ4n) is 1.50. The van der Waals surface area contributed by atoms with Gasteiger partial charge >= 0.3 is 5.97 Å². The zero-order valence-electron chi connectivity index (χ0n) is 8.08. The maximum Gasteiger partial charge on any atom is 0.358 e. The molecule has 1 N–H and O–H groups in total. The zero-order chi connectivity index (χ0) is 11.7. The highest BCUT2D eigenvalue weighted by molar-refractivity contribution is 6.21. The summed E-state index contributed by atoms with van der Waals surface area (Å²) in [6, 6.07) is 1.29. The Balaban J connectivity index is 2.51. The Kier molecular flexibility index (Phi) is 2.35. The third-order valence-corrected chi connectivity index (χ3v) is 2.19. The van der Waals surface area contributed by atoms with Gasteiger partial charge in [0.15, 0.2) is 5.69 Å². The molecule has 1 aliphatic rings. The fraction of sp³-hybridized carbons (Fsp3) is 0.222. The standard InChI is InChI=1S/C9H7N3O4/c13-6-1-2-7(14)12(6)5-3-4-10-11-8(5)9(15)16/h3-4H,1-2H2,(H,15,16). The van der Waals surface area contributed by atoms with Crippen molar-refractivity contribution in [1.29, 1.82) is 0 Å². The van der Waals surface area contributed by atoms with Crippen molar-refractivity contribution in [3.05, 3.63) is 18.0 Å². The maximum atomic E-state index is 11.4. The quantitative estimate of drug-likeness (QED) is 0.695. The number of anilines is 1. The predicted molar refractivity (Wildman–Crippen MR) is 50.7 cm³/mol. The molecule has 0 aromatic carbocycles. The molecule has 1 fully saturated rings. The summed E-state index contributed by atoms with van der Waals surface area (Å²) < 4.78 is 0. The molecule has 7 nitrogen and oxygen atoms in total. The van der Waals surface area contributed by atoms with Crippen LogP contribution in [0, 0.1) is 0 Å². The second kappa shape index (κ2) is 3.69. The second-order valence-corrected chi connectivity index (χ2v) is 3.19. The smallest absolute Gasteiger partial charge is 0.358 e. The van der Waals surface area contributed by atoms with E-state index in [1.54, 1.807) is 0 Å². The third kappa shape index (κ3) is 1.52. The van der Waals surface area contributed by atoms with E-state index in [9.17, 15) is 14.4 Å². The minimum Gasteiger partial charge on any atom is -0.476 e. The van der Waals surface area contributed by atoms with Crippen LogP contribution in [0.25, 0.3) is 0 Å². The number of hydrogen-bond acceptors (Lipinski definition) is 5. The SMILES string of the molecule is O=C(O)c1nnccc1N1C(=O)CCC1=O. The van der Waals surface area contributed by atoms with Crippen LogP contribution in [0.1, 0.15) is 23.3 Å². The molecule has 2 heterocycles. The van der Waals surface area contributed by atoms with Crippen LogP contribution in [0.4, 0.5) is 5.69 Å². The van der Waals surface area contributed by atoms with Gasteiger partial charge in [-0.1, -0.05) is 0 Å². The lowest BCUT2D eigenvalue weighted by atomic mass is 10.3. The first-order chi connectivity index (χ1) is 7.61. The highest BCUT2D eigenvalue weighted by Gasteiger charge is 2.33. The van der Waals surface area contributed by atoms with E-state index in [0.29, 0.717) is 0 Å². The lowest BCUT2D eigenvalue weighted by molar-refractivity contribution is -0.121. The van der Waals surface area contributed by atoms with Crippen LogP contribution < -0.4 is 4.90 Å². The molecule has 16 heavy (non-hydrogen) atoms. The van der Waals surface area contributed by atoms with Crippen LogP contribution in [0.2, 0.25) is 0 Å². The molecule has 0 aliphatic carbocycles. The number of hydrogen-bond donors (Lipinski definition) is 1. The van der Waals surface area contributed by atoms with Crippen LogP contribution in [0.5, 0.6) is 0 Å². The Bertz CT molecular complexity index is 469. The van der Waals surface area contributed by atoms with Gasteiger partial charge in [0.2, 0.25) is 11.8 Å². The van der Waals surface area contributed by atoms with Crippen molar-refractivity contribution in [3.8, 4) is 0 Å². The van der Waals surface area contributed by atoms with E-state index in [-0.39, 0.29) is 18.5 Å². The van der Waals surface area contributed by atoms with Gasteiger partial charge in [-0.2, -0.15) is 5.10 Å².